The van der Waals surface area contributed by atoms with Gasteiger partial charge in [-0.15, -0.1) is 43.7 Å². The molecule has 11 aromatic rings. The third kappa shape index (κ3) is 11.6. The Labute approximate surface area is 628 Å². The first-order valence-electron chi connectivity index (χ1n) is 34.5. The zero-order chi connectivity index (χ0) is 71.6. The monoisotopic (exact) mass is 1290 g/mol. The van der Waals surface area contributed by atoms with Crippen molar-refractivity contribution in [3.63, 3.8) is 0 Å². The highest BCUT2D eigenvalue weighted by atomic mass is 16.5. The summed E-state index contributed by atoms with van der Waals surface area (Å²) in [6, 6.07) is 54.3. The van der Waals surface area contributed by atoms with Gasteiger partial charge in [-0.1, -0.05) is 97.1 Å². The van der Waals surface area contributed by atoms with E-state index in [1.54, 1.807) is 57.4 Å². The van der Waals surface area contributed by atoms with E-state index in [0.29, 0.717) is 150 Å². The average Bonchev–Trinajstić information content (AvgIpc) is 1.57. The summed E-state index contributed by atoms with van der Waals surface area (Å²) in [5, 5.41) is 0.731. The van der Waals surface area contributed by atoms with Crippen LogP contribution in [0.5, 0.6) is 46.0 Å². The highest BCUT2D eigenvalue weighted by molar-refractivity contribution is 7.30. The van der Waals surface area contributed by atoms with E-state index in [9.17, 15) is 0 Å². The fourth-order valence-corrected chi connectivity index (χ4v) is 16.2. The molecular formula is C68H42B24N8O4. The molecule has 12 nitrogen and oxygen atoms in total. The number of aromatic amines is 2. The molecule has 8 unspecified atom stereocenters. The largest absolute Gasteiger partial charge is 0.457 e. The Morgan fingerprint density at radius 3 is 0.865 bits per heavy atom. The van der Waals surface area contributed by atoms with Crippen LogP contribution in [0.4, 0.5) is 0 Å². The van der Waals surface area contributed by atoms with Crippen LogP contribution in [0.15, 0.2) is 170 Å². The summed E-state index contributed by atoms with van der Waals surface area (Å²) < 4.78 is 27.6. The molecule has 0 aliphatic carbocycles. The molecule has 0 amide bonds. The van der Waals surface area contributed by atoms with Crippen LogP contribution in [0.25, 0.3) is 89.7 Å². The van der Waals surface area contributed by atoms with E-state index < -0.39 is 20.9 Å². The van der Waals surface area contributed by atoms with Crippen LogP contribution >= 0.6 is 0 Å². The molecule has 17 rings (SSSR count). The van der Waals surface area contributed by atoms with Gasteiger partial charge < -0.3 is 28.9 Å². The molecule has 4 saturated heterocycles. The average molecular weight is 1290 g/mol. The minimum atomic E-state index is -0.443. The Morgan fingerprint density at radius 2 is 0.587 bits per heavy atom. The van der Waals surface area contributed by atoms with Crippen molar-refractivity contribution in [3.05, 3.63) is 192 Å². The molecule has 6 aliphatic rings. The van der Waals surface area contributed by atoms with Crippen LogP contribution in [-0.2, 0) is 25.7 Å². The quantitative estimate of drug-likeness (QED) is 0.0592. The summed E-state index contributed by atoms with van der Waals surface area (Å²) in [6.45, 7) is -0.729. The molecule has 8 bridgehead atoms. The van der Waals surface area contributed by atoms with Crippen LogP contribution in [0.3, 0.4) is 0 Å². The maximum atomic E-state index is 6.91. The fourth-order valence-electron chi connectivity index (χ4n) is 16.2. The Hall–Kier alpha value is -8.12. The number of ether oxygens (including phenoxy) is 4. The molecule has 104 heavy (non-hydrogen) atoms. The smallest absolute Gasteiger partial charge is 0.168 e. The second kappa shape index (κ2) is 27.0. The zero-order valence-electron chi connectivity index (χ0n) is 56.5. The summed E-state index contributed by atoms with van der Waals surface area (Å²) in [5.74, 6) is 5.29. The Morgan fingerprint density at radius 1 is 0.317 bits per heavy atom. The normalized spacial score (nSPS) is 22.2. The van der Waals surface area contributed by atoms with Gasteiger partial charge in [0.2, 0.25) is 0 Å². The Kier molecular flexibility index (Phi) is 17.9. The van der Waals surface area contributed by atoms with Gasteiger partial charge in [-0.05, 0) is 121 Å². The van der Waals surface area contributed by atoms with Gasteiger partial charge in [0.25, 0.3) is 0 Å². The number of fused-ring (bicyclic) bond motifs is 20. The summed E-state index contributed by atoms with van der Waals surface area (Å²) in [6.07, 6.45) is 2.40. The third-order valence-corrected chi connectivity index (χ3v) is 22.6. The van der Waals surface area contributed by atoms with Gasteiger partial charge in [-0.2, -0.15) is 0 Å². The molecule has 36 heteroatoms. The van der Waals surface area contributed by atoms with Crippen LogP contribution in [0.2, 0.25) is 43.7 Å². The summed E-state index contributed by atoms with van der Waals surface area (Å²) in [4.78, 5) is 39.8. The molecule has 9 heterocycles. The van der Waals surface area contributed by atoms with Crippen LogP contribution in [0, 0.1) is 0 Å². The minimum absolute atomic E-state index is 0.0340. The number of hydrogen-bond donors (Lipinski definition) is 2. The van der Waals surface area contributed by atoms with Gasteiger partial charge >= 0.3 is 0 Å². The molecule has 8 aromatic carbocycles. The van der Waals surface area contributed by atoms with Gasteiger partial charge in [0.15, 0.2) is 23.3 Å². The molecule has 0 saturated carbocycles. The lowest BCUT2D eigenvalue weighted by Crippen LogP contribution is -2.15. The van der Waals surface area contributed by atoms with Gasteiger partial charge in [0.1, 0.15) is 68.6 Å². The molecule has 6 aliphatic heterocycles. The zero-order valence-corrected chi connectivity index (χ0v) is 56.5. The van der Waals surface area contributed by atoms with Gasteiger partial charge in [0.05, 0.1) is 77.0 Å². The van der Waals surface area contributed by atoms with Crippen molar-refractivity contribution in [2.45, 2.75) is 69.4 Å². The van der Waals surface area contributed by atoms with Crippen LogP contribution < -0.4 is 18.9 Å². The van der Waals surface area contributed by atoms with Crippen molar-refractivity contribution in [1.82, 2.24) is 39.9 Å². The van der Waals surface area contributed by atoms with Crippen molar-refractivity contribution in [1.29, 1.82) is 0 Å². The molecule has 450 valence electrons. The number of nitrogens with one attached hydrogen (secondary N) is 2. The lowest BCUT2D eigenvalue weighted by atomic mass is 8.78. The van der Waals surface area contributed by atoms with E-state index in [-0.39, 0.29) is 60.9 Å². The highest BCUT2D eigenvalue weighted by Gasteiger charge is 2.61. The fraction of sp³-hybridized carbons (Fsp3) is 0.176. The summed E-state index contributed by atoms with van der Waals surface area (Å²) in [5.41, 5.74) is 7.86. The third-order valence-electron chi connectivity index (χ3n) is 22.6. The number of rotatable bonds is 24. The predicted molar refractivity (Wildman–Crippen MR) is 441 cm³/mol. The molecule has 2 N–H and O–H groups in total. The van der Waals surface area contributed by atoms with Gasteiger partial charge in [-0.25, -0.2) is 29.9 Å². The summed E-state index contributed by atoms with van der Waals surface area (Å²) in [7, 11) is 88.0. The maximum Gasteiger partial charge on any atom is 0.168 e. The molecule has 8 atom stereocenters. The molecule has 0 spiro atoms. The van der Waals surface area contributed by atoms with Gasteiger partial charge in [-0.3, -0.25) is 0 Å². The lowest BCUT2D eigenvalue weighted by Gasteiger charge is -2.18. The second-order valence-electron chi connectivity index (χ2n) is 28.1. The SMILES string of the molecule is [B][10B]C1[10B]([B])C1([10B][B])Cc1ccc(Oc2cccc3c2-c2nc-3nc3[nH]c(nc4nc(nc5[nH]c(n2)c2c(Oc6ccc(CC7([10B][B])[10B]([B])C7[10B][B])cc6)cccc52)-c2cccc(Oc5ccc(CC6([10B][B])[10B]([B])C6[10B][B])cc5)c2-4)c2c(Oc4ccc(CC5([10B][B])[10B]([B])C5[10B][B])cc4)cccc32)cc1. The minimum Gasteiger partial charge on any atom is -0.457 e. The van der Waals surface area contributed by atoms with E-state index in [2.05, 4.69) is 9.97 Å². The lowest BCUT2D eigenvalue weighted by molar-refractivity contribution is 0.484. The summed E-state index contributed by atoms with van der Waals surface area (Å²) >= 11 is 0. The van der Waals surface area contributed by atoms with Crippen LogP contribution in [-0.4, -0.2) is 216 Å². The van der Waals surface area contributed by atoms with Crippen molar-refractivity contribution in [3.8, 4) is 91.5 Å². The first kappa shape index (κ1) is 69.0. The predicted octanol–water partition coefficient (Wildman–Crippen LogP) is 7.31. The molecule has 4 fully saturated rings. The Bertz CT molecular complexity index is 5040. The second-order valence-corrected chi connectivity index (χ2v) is 28.1. The molecule has 32 radical (unpaired) electrons. The first-order chi connectivity index (χ1) is 50.6. The van der Waals surface area contributed by atoms with E-state index in [1.165, 1.54) is 0 Å². The molecular weight excluding hydrogens is 1240 g/mol. The van der Waals surface area contributed by atoms with Gasteiger partial charge in [0, 0.05) is 143 Å². The van der Waals surface area contributed by atoms with E-state index in [0.717, 1.165) is 22.3 Å². The van der Waals surface area contributed by atoms with Crippen molar-refractivity contribution < 1.29 is 18.9 Å². The Balaban J connectivity index is 0.840. The van der Waals surface area contributed by atoms with Crippen LogP contribution in [0.1, 0.15) is 22.3 Å². The van der Waals surface area contributed by atoms with E-state index >= 15 is 0 Å². The van der Waals surface area contributed by atoms with Crippen molar-refractivity contribution >= 4 is 221 Å². The van der Waals surface area contributed by atoms with Crippen molar-refractivity contribution in [2.75, 3.05) is 0 Å². The topological polar surface area (TPSA) is 146 Å². The number of benzene rings is 8. The van der Waals surface area contributed by atoms with E-state index in [4.69, 9.17) is 142 Å². The first-order valence-corrected chi connectivity index (χ1v) is 34.5. The maximum absolute atomic E-state index is 6.91. The number of nitrogens with zero attached hydrogens (tertiary/aromatic N) is 6. The number of hydrogen-bond acceptors (Lipinski definition) is 10. The number of H-pyrrole nitrogens is 2. The van der Waals surface area contributed by atoms with Crippen molar-refractivity contribution in [2.24, 2.45) is 0 Å². The number of aromatic nitrogens is 8. The molecule has 3 aromatic heterocycles. The highest BCUT2D eigenvalue weighted by Crippen LogP contribution is 2.64. The standard InChI is InChI=1S/C68H42B24N8O4/c69-81-61-65(85-73,89(61)77)29-33-13-21-37(22-14-33)101-45-9-1-5-41-49(45)57-95-53(41)93-54-42-6-2-10-46(102-38-23-15-34(16-24-38)30-66(86-74)62(82-70)90(66)78)50(42)59(96-54)100-60-52-44(8-4-12-48(52)104-40-27-19-36(20-28-40)32-68(88-76)64(84-72)92(68)80)56(98-60)94-55-43-7-3-11-47(51(43)58(97-55)99-57)103-39-25-17-35(18-26-39)31-67(87-75)63(83-71)91(67)79/h1-28,61-64H,29-32H2,(H2,93,94,95,96,97,98,99,100)/i81-1,82-1,83-1,84-1,85-1,86-1,87-1,88-1,89-1,90-1,91-1,92-1. The van der Waals surface area contributed by atoms with E-state index in [1.807, 2.05) is 170 Å².